The highest BCUT2D eigenvalue weighted by Gasteiger charge is 2.27. The molecule has 1 aromatic carbocycles. The second-order valence-electron chi connectivity index (χ2n) is 7.17. The van der Waals surface area contributed by atoms with Crippen molar-refractivity contribution in [2.45, 2.75) is 38.8 Å². The average Bonchev–Trinajstić information content (AvgIpc) is 3.07. The number of hydrogen-bond acceptors (Lipinski definition) is 4. The normalized spacial score (nSPS) is 16.7. The Hall–Kier alpha value is -2.99. The molecule has 2 aromatic rings. The van der Waals surface area contributed by atoms with Crippen molar-refractivity contribution < 1.29 is 13.9 Å². The van der Waals surface area contributed by atoms with Crippen LogP contribution >= 0.6 is 11.6 Å². The van der Waals surface area contributed by atoms with E-state index in [2.05, 4.69) is 16.7 Å². The van der Waals surface area contributed by atoms with Crippen LogP contribution in [0.1, 0.15) is 47.9 Å². The molecule has 1 aromatic heterocycles. The maximum absolute atomic E-state index is 14.6. The highest BCUT2D eigenvalue weighted by molar-refractivity contribution is 6.31. The Morgan fingerprint density at radius 2 is 2.17 bits per heavy atom. The number of aliphatic imine (C=N–C) groups is 1. The molecule has 1 saturated carbocycles. The zero-order valence-electron chi connectivity index (χ0n) is 16.6. The summed E-state index contributed by atoms with van der Waals surface area (Å²) in [5.74, 6) is -0.851. The Morgan fingerprint density at radius 1 is 1.37 bits per heavy atom. The third-order valence-electron chi connectivity index (χ3n) is 5.21. The highest BCUT2D eigenvalue weighted by atomic mass is 35.5. The molecular weight excluding hydrogens is 405 g/mol. The first-order valence-corrected chi connectivity index (χ1v) is 10.2. The van der Waals surface area contributed by atoms with Gasteiger partial charge in [0.2, 0.25) is 0 Å². The van der Waals surface area contributed by atoms with Gasteiger partial charge in [0.1, 0.15) is 11.9 Å². The van der Waals surface area contributed by atoms with Gasteiger partial charge in [-0.2, -0.15) is 5.10 Å². The Morgan fingerprint density at radius 3 is 2.83 bits per heavy atom. The van der Waals surface area contributed by atoms with E-state index in [9.17, 15) is 9.18 Å². The predicted octanol–water partition coefficient (Wildman–Crippen LogP) is 5.52. The zero-order valence-corrected chi connectivity index (χ0v) is 17.3. The lowest BCUT2D eigenvalue weighted by atomic mass is 9.96. The van der Waals surface area contributed by atoms with Gasteiger partial charge in [0.05, 0.1) is 23.6 Å². The number of rotatable bonds is 5. The number of fused-ring (bicyclic) bond motifs is 3. The zero-order chi connectivity index (χ0) is 21.3. The van der Waals surface area contributed by atoms with Crippen molar-refractivity contribution in [1.29, 1.82) is 0 Å². The van der Waals surface area contributed by atoms with Crippen LogP contribution < -0.4 is 0 Å². The number of benzene rings is 1. The number of carbonyl (C=O) groups excluding carboxylic acids is 1. The SMILES string of the molecule is C=C/C=C(C1=NCc2cc(C(=O)OC3CCC3)nn2-c2ccc(Cl)cc21)\C(F)=C/C. The third kappa shape index (κ3) is 3.75. The van der Waals surface area contributed by atoms with E-state index in [1.54, 1.807) is 41.9 Å². The van der Waals surface area contributed by atoms with Gasteiger partial charge in [-0.05, 0) is 50.5 Å². The average molecular weight is 426 g/mol. The Kier molecular flexibility index (Phi) is 5.68. The van der Waals surface area contributed by atoms with Crippen molar-refractivity contribution in [3.05, 3.63) is 82.4 Å². The van der Waals surface area contributed by atoms with Crippen molar-refractivity contribution in [2.24, 2.45) is 4.99 Å². The quantitative estimate of drug-likeness (QED) is 0.468. The molecule has 5 nitrogen and oxygen atoms in total. The topological polar surface area (TPSA) is 56.5 Å². The van der Waals surface area contributed by atoms with E-state index in [4.69, 9.17) is 16.3 Å². The maximum Gasteiger partial charge on any atom is 0.359 e. The van der Waals surface area contributed by atoms with Crippen LogP contribution in [-0.2, 0) is 11.3 Å². The van der Waals surface area contributed by atoms with Crippen LogP contribution in [0.15, 0.2) is 65.5 Å². The van der Waals surface area contributed by atoms with E-state index in [1.165, 1.54) is 12.2 Å². The van der Waals surface area contributed by atoms with Gasteiger partial charge in [0.15, 0.2) is 5.69 Å². The van der Waals surface area contributed by atoms with E-state index in [-0.39, 0.29) is 18.3 Å². The Balaban J connectivity index is 1.80. The molecule has 7 heteroatoms. The van der Waals surface area contributed by atoms with Crippen molar-refractivity contribution >= 4 is 23.3 Å². The standard InChI is InChI=1S/C23H21ClFN3O2/c1-3-6-17(19(25)4-2)22-18-11-14(24)9-10-21(18)28-15(13-26-22)12-20(27-28)23(29)30-16-7-5-8-16/h3-4,6,9-12,16H,1,5,7-8,13H2,2H3/b17-6+,19-4+. The Labute approximate surface area is 179 Å². The van der Waals surface area contributed by atoms with E-state index >= 15 is 0 Å². The number of hydrogen-bond donors (Lipinski definition) is 0. The van der Waals surface area contributed by atoms with E-state index in [0.717, 1.165) is 19.3 Å². The van der Waals surface area contributed by atoms with Crippen LogP contribution in [0, 0.1) is 0 Å². The number of ether oxygens (including phenoxy) is 1. The molecule has 2 aliphatic rings. The number of carbonyl (C=O) groups is 1. The van der Waals surface area contributed by atoms with Crippen LogP contribution in [0.4, 0.5) is 4.39 Å². The fourth-order valence-electron chi connectivity index (χ4n) is 3.44. The predicted molar refractivity (Wildman–Crippen MR) is 115 cm³/mol. The number of allylic oxidation sites excluding steroid dienone is 5. The second kappa shape index (κ2) is 8.40. The first-order valence-electron chi connectivity index (χ1n) is 9.81. The summed E-state index contributed by atoms with van der Waals surface area (Å²) in [6, 6.07) is 6.91. The first kappa shape index (κ1) is 20.3. The highest BCUT2D eigenvalue weighted by Crippen LogP contribution is 2.30. The number of aromatic nitrogens is 2. The number of nitrogens with zero attached hydrogens (tertiary/aromatic N) is 3. The maximum atomic E-state index is 14.6. The molecule has 1 aliphatic heterocycles. The lowest BCUT2D eigenvalue weighted by molar-refractivity contribution is 0.00832. The van der Waals surface area contributed by atoms with Gasteiger partial charge in [-0.15, -0.1) is 0 Å². The first-order chi connectivity index (χ1) is 14.5. The molecule has 4 rings (SSSR count). The summed E-state index contributed by atoms with van der Waals surface area (Å²) in [6.07, 6.45) is 7.31. The molecule has 1 aliphatic carbocycles. The Bertz CT molecular complexity index is 1110. The molecule has 0 N–H and O–H groups in total. The van der Waals surface area contributed by atoms with Gasteiger partial charge in [-0.1, -0.05) is 36.4 Å². The monoisotopic (exact) mass is 425 g/mol. The van der Waals surface area contributed by atoms with Crippen molar-refractivity contribution in [2.75, 3.05) is 0 Å². The molecule has 0 unspecified atom stereocenters. The molecule has 154 valence electrons. The van der Waals surface area contributed by atoms with E-state index in [1.807, 2.05) is 0 Å². The lowest BCUT2D eigenvalue weighted by Gasteiger charge is -2.24. The molecular formula is C23H21ClFN3O2. The molecule has 0 spiro atoms. The smallest absolute Gasteiger partial charge is 0.359 e. The van der Waals surface area contributed by atoms with Crippen molar-refractivity contribution in [3.63, 3.8) is 0 Å². The number of halogens is 2. The minimum atomic E-state index is -0.438. The second-order valence-corrected chi connectivity index (χ2v) is 7.61. The summed E-state index contributed by atoms with van der Waals surface area (Å²) in [6.45, 7) is 5.52. The van der Waals surface area contributed by atoms with Gasteiger partial charge in [0, 0.05) is 16.2 Å². The van der Waals surface area contributed by atoms with E-state index in [0.29, 0.717) is 33.3 Å². The van der Waals surface area contributed by atoms with Gasteiger partial charge in [0.25, 0.3) is 0 Å². The number of esters is 1. The van der Waals surface area contributed by atoms with Crippen molar-refractivity contribution in [3.8, 4) is 5.69 Å². The van der Waals surface area contributed by atoms with Crippen LogP contribution in [0.3, 0.4) is 0 Å². The van der Waals surface area contributed by atoms with Gasteiger partial charge >= 0.3 is 5.97 Å². The molecule has 30 heavy (non-hydrogen) atoms. The van der Waals surface area contributed by atoms with Crippen LogP contribution in [0.5, 0.6) is 0 Å². The lowest BCUT2D eigenvalue weighted by Crippen LogP contribution is -2.25. The molecule has 0 amide bonds. The molecule has 0 radical (unpaired) electrons. The fraction of sp³-hybridized carbons (Fsp3) is 0.261. The largest absolute Gasteiger partial charge is 0.458 e. The van der Waals surface area contributed by atoms with Gasteiger partial charge in [-0.3, -0.25) is 4.99 Å². The summed E-state index contributed by atoms with van der Waals surface area (Å²) in [4.78, 5) is 17.1. The van der Waals surface area contributed by atoms with Gasteiger partial charge in [-0.25, -0.2) is 13.9 Å². The molecule has 1 fully saturated rings. The summed E-state index contributed by atoms with van der Waals surface area (Å²) in [5.41, 5.74) is 2.98. The molecule has 2 heterocycles. The minimum absolute atomic E-state index is 0.0230. The van der Waals surface area contributed by atoms with Crippen LogP contribution in [0.2, 0.25) is 5.02 Å². The van der Waals surface area contributed by atoms with Crippen molar-refractivity contribution in [1.82, 2.24) is 9.78 Å². The summed E-state index contributed by atoms with van der Waals surface area (Å²) in [7, 11) is 0. The summed E-state index contributed by atoms with van der Waals surface area (Å²) >= 11 is 6.25. The minimum Gasteiger partial charge on any atom is -0.458 e. The summed E-state index contributed by atoms with van der Waals surface area (Å²) in [5, 5.41) is 4.96. The molecule has 0 atom stereocenters. The van der Waals surface area contributed by atoms with Crippen LogP contribution in [0.25, 0.3) is 5.69 Å². The van der Waals surface area contributed by atoms with E-state index < -0.39 is 11.8 Å². The van der Waals surface area contributed by atoms with Crippen LogP contribution in [-0.4, -0.2) is 27.6 Å². The third-order valence-corrected chi connectivity index (χ3v) is 5.44. The fourth-order valence-corrected chi connectivity index (χ4v) is 3.62. The summed E-state index contributed by atoms with van der Waals surface area (Å²) < 4.78 is 21.8. The van der Waals surface area contributed by atoms with Gasteiger partial charge < -0.3 is 4.74 Å². The molecule has 0 saturated heterocycles. The molecule has 0 bridgehead atoms.